The van der Waals surface area contributed by atoms with Crippen LogP contribution in [0.1, 0.15) is 19.4 Å². The van der Waals surface area contributed by atoms with Crippen molar-refractivity contribution >= 4 is 15.9 Å². The number of rotatable bonds is 3. The molecule has 0 bridgehead atoms. The van der Waals surface area contributed by atoms with Crippen molar-refractivity contribution in [1.29, 1.82) is 0 Å². The van der Waals surface area contributed by atoms with E-state index in [2.05, 4.69) is 20.8 Å². The van der Waals surface area contributed by atoms with Crippen LogP contribution in [0.15, 0.2) is 22.7 Å². The van der Waals surface area contributed by atoms with E-state index < -0.39 is 0 Å². The van der Waals surface area contributed by atoms with E-state index in [0.29, 0.717) is 11.0 Å². The Morgan fingerprint density at radius 1 is 1.53 bits per heavy atom. The summed E-state index contributed by atoms with van der Waals surface area (Å²) < 4.78 is 19.5. The zero-order valence-electron chi connectivity index (χ0n) is 11.2. The van der Waals surface area contributed by atoms with E-state index in [0.717, 1.165) is 18.7 Å². The fourth-order valence-electron chi connectivity index (χ4n) is 2.53. The maximum Gasteiger partial charge on any atom is 0.137 e. The molecule has 1 fully saturated rings. The Labute approximate surface area is 121 Å². The van der Waals surface area contributed by atoms with Crippen LogP contribution >= 0.6 is 15.9 Å². The highest BCUT2D eigenvalue weighted by molar-refractivity contribution is 9.10. The Bertz CT molecular complexity index is 453. The maximum atomic E-state index is 13.2. The molecule has 2 rings (SSSR count). The van der Waals surface area contributed by atoms with Crippen LogP contribution < -0.4 is 0 Å². The number of nitrogens with zero attached hydrogens (tertiary/aromatic N) is 1. The number of ether oxygens (including phenoxy) is 1. The molecule has 1 N–H and O–H groups in total. The summed E-state index contributed by atoms with van der Waals surface area (Å²) >= 11 is 3.20. The first-order chi connectivity index (χ1) is 8.89. The van der Waals surface area contributed by atoms with Crippen molar-refractivity contribution < 1.29 is 14.2 Å². The van der Waals surface area contributed by atoms with E-state index in [-0.39, 0.29) is 24.1 Å². The van der Waals surface area contributed by atoms with Gasteiger partial charge in [-0.3, -0.25) is 4.90 Å². The van der Waals surface area contributed by atoms with Crippen molar-refractivity contribution in [3.63, 3.8) is 0 Å². The number of halogens is 2. The molecular formula is C14H19BrFNO2. The second-order valence-electron chi connectivity index (χ2n) is 5.60. The van der Waals surface area contributed by atoms with Crippen LogP contribution in [0.5, 0.6) is 0 Å². The van der Waals surface area contributed by atoms with Gasteiger partial charge in [-0.2, -0.15) is 0 Å². The number of hydrogen-bond acceptors (Lipinski definition) is 3. The van der Waals surface area contributed by atoms with Gasteiger partial charge in [0, 0.05) is 19.6 Å². The lowest BCUT2D eigenvalue weighted by molar-refractivity contribution is -0.150. The summed E-state index contributed by atoms with van der Waals surface area (Å²) in [6.45, 7) is 6.26. The molecule has 1 atom stereocenters. The highest BCUT2D eigenvalue weighted by atomic mass is 79.9. The number of morpholine rings is 1. The molecule has 0 amide bonds. The Morgan fingerprint density at radius 2 is 2.26 bits per heavy atom. The predicted octanol–water partition coefficient (Wildman–Crippen LogP) is 2.56. The third-order valence-electron chi connectivity index (χ3n) is 3.15. The standard InChI is InChI=1S/C14H19BrFNO2/c1-14(2)9-17(7-11(8-18)19-14)6-10-3-4-13(16)12(15)5-10/h3-5,11,18H,6-9H2,1-2H3. The molecule has 0 spiro atoms. The number of hydrogen-bond donors (Lipinski definition) is 1. The molecule has 0 saturated carbocycles. The molecule has 1 saturated heterocycles. The Hall–Kier alpha value is -0.490. The maximum absolute atomic E-state index is 13.2. The van der Waals surface area contributed by atoms with Crippen molar-refractivity contribution in [2.24, 2.45) is 0 Å². The van der Waals surface area contributed by atoms with Gasteiger partial charge in [0.05, 0.1) is 22.8 Å². The van der Waals surface area contributed by atoms with Crippen LogP contribution in [0.2, 0.25) is 0 Å². The van der Waals surface area contributed by atoms with Crippen LogP contribution in [0.3, 0.4) is 0 Å². The summed E-state index contributed by atoms with van der Waals surface area (Å²) in [5.74, 6) is -0.251. The highest BCUT2D eigenvalue weighted by Gasteiger charge is 2.32. The topological polar surface area (TPSA) is 32.7 Å². The minimum Gasteiger partial charge on any atom is -0.394 e. The molecule has 3 nitrogen and oxygen atoms in total. The summed E-state index contributed by atoms with van der Waals surface area (Å²) in [5.41, 5.74) is 0.769. The Balaban J connectivity index is 2.07. The first kappa shape index (κ1) is 14.9. The fraction of sp³-hybridized carbons (Fsp3) is 0.571. The third kappa shape index (κ3) is 3.99. The van der Waals surface area contributed by atoms with E-state index in [9.17, 15) is 9.50 Å². The van der Waals surface area contributed by atoms with Gasteiger partial charge in [-0.15, -0.1) is 0 Å². The highest BCUT2D eigenvalue weighted by Crippen LogP contribution is 2.24. The molecular weight excluding hydrogens is 313 g/mol. The lowest BCUT2D eigenvalue weighted by Crippen LogP contribution is -2.53. The number of aliphatic hydroxyl groups excluding tert-OH is 1. The smallest absolute Gasteiger partial charge is 0.137 e. The molecule has 1 unspecified atom stereocenters. The average molecular weight is 332 g/mol. The molecule has 1 aliphatic rings. The molecule has 1 aliphatic heterocycles. The first-order valence-corrected chi connectivity index (χ1v) is 7.14. The van der Waals surface area contributed by atoms with Gasteiger partial charge in [0.25, 0.3) is 0 Å². The van der Waals surface area contributed by atoms with Gasteiger partial charge >= 0.3 is 0 Å². The van der Waals surface area contributed by atoms with Crippen molar-refractivity contribution in [2.45, 2.75) is 32.1 Å². The van der Waals surface area contributed by atoms with Crippen LogP contribution in [-0.4, -0.2) is 41.4 Å². The zero-order chi connectivity index (χ0) is 14.0. The Kier molecular flexibility index (Phi) is 4.61. The van der Waals surface area contributed by atoms with Gasteiger partial charge in [0.15, 0.2) is 0 Å². The van der Waals surface area contributed by atoms with Crippen molar-refractivity contribution in [3.05, 3.63) is 34.1 Å². The van der Waals surface area contributed by atoms with Gasteiger partial charge in [0.1, 0.15) is 5.82 Å². The van der Waals surface area contributed by atoms with Crippen LogP contribution in [0.25, 0.3) is 0 Å². The van der Waals surface area contributed by atoms with E-state index in [1.807, 2.05) is 13.8 Å². The third-order valence-corrected chi connectivity index (χ3v) is 3.75. The lowest BCUT2D eigenvalue weighted by atomic mass is 10.0. The fourth-order valence-corrected chi connectivity index (χ4v) is 2.95. The number of benzene rings is 1. The van der Waals surface area contributed by atoms with E-state index in [4.69, 9.17) is 4.74 Å². The minimum atomic E-state index is -0.275. The van der Waals surface area contributed by atoms with Crippen molar-refractivity contribution in [3.8, 4) is 0 Å². The van der Waals surface area contributed by atoms with Crippen LogP contribution in [0.4, 0.5) is 4.39 Å². The molecule has 0 radical (unpaired) electrons. The first-order valence-electron chi connectivity index (χ1n) is 6.34. The minimum absolute atomic E-state index is 0.0209. The van der Waals surface area contributed by atoms with Gasteiger partial charge in [0.2, 0.25) is 0 Å². The van der Waals surface area contributed by atoms with Gasteiger partial charge in [-0.25, -0.2) is 4.39 Å². The largest absolute Gasteiger partial charge is 0.394 e. The molecule has 1 aromatic rings. The molecule has 0 aliphatic carbocycles. The van der Waals surface area contributed by atoms with Crippen molar-refractivity contribution in [2.75, 3.05) is 19.7 Å². The monoisotopic (exact) mass is 331 g/mol. The van der Waals surface area contributed by atoms with Crippen molar-refractivity contribution in [1.82, 2.24) is 4.90 Å². The summed E-state index contributed by atoms with van der Waals surface area (Å²) in [6.07, 6.45) is -0.160. The van der Waals surface area contributed by atoms with Gasteiger partial charge < -0.3 is 9.84 Å². The van der Waals surface area contributed by atoms with Gasteiger partial charge in [-0.1, -0.05) is 6.07 Å². The summed E-state index contributed by atoms with van der Waals surface area (Å²) in [6, 6.07) is 5.05. The van der Waals surface area contributed by atoms with E-state index in [1.54, 1.807) is 12.1 Å². The molecule has 106 valence electrons. The second kappa shape index (κ2) is 5.87. The van der Waals surface area contributed by atoms with E-state index in [1.165, 1.54) is 6.07 Å². The Morgan fingerprint density at radius 3 is 2.89 bits per heavy atom. The molecule has 1 aromatic carbocycles. The summed E-state index contributed by atoms with van der Waals surface area (Å²) in [5, 5.41) is 9.28. The molecule has 5 heteroatoms. The van der Waals surface area contributed by atoms with E-state index >= 15 is 0 Å². The molecule has 0 aromatic heterocycles. The SMILES string of the molecule is CC1(C)CN(Cc2ccc(F)c(Br)c2)CC(CO)O1. The quantitative estimate of drug-likeness (QED) is 0.923. The lowest BCUT2D eigenvalue weighted by Gasteiger charge is -2.42. The normalized spacial score (nSPS) is 23.5. The average Bonchev–Trinajstić information content (AvgIpc) is 2.32. The van der Waals surface area contributed by atoms with Crippen LogP contribution in [0, 0.1) is 5.82 Å². The van der Waals surface area contributed by atoms with Gasteiger partial charge in [-0.05, 0) is 47.5 Å². The molecule has 19 heavy (non-hydrogen) atoms. The number of aliphatic hydroxyl groups is 1. The summed E-state index contributed by atoms with van der Waals surface area (Å²) in [4.78, 5) is 2.23. The van der Waals surface area contributed by atoms with Crippen LogP contribution in [-0.2, 0) is 11.3 Å². The zero-order valence-corrected chi connectivity index (χ0v) is 12.8. The summed E-state index contributed by atoms with van der Waals surface area (Å²) in [7, 11) is 0. The second-order valence-corrected chi connectivity index (χ2v) is 6.45. The molecule has 1 heterocycles. The predicted molar refractivity (Wildman–Crippen MR) is 75.4 cm³/mol.